The quantitative estimate of drug-likeness (QED) is 0.0203. The Bertz CT molecular complexity index is 1180. The van der Waals surface area contributed by atoms with Crippen LogP contribution in [0.1, 0.15) is 188 Å². The van der Waals surface area contributed by atoms with Gasteiger partial charge in [-0.05, 0) is 83.5 Å². The molecular formula is C51H82O6. The van der Waals surface area contributed by atoms with Crippen molar-refractivity contribution in [2.24, 2.45) is 0 Å². The second kappa shape index (κ2) is 45.0. The molecule has 0 N–H and O–H groups in total. The van der Waals surface area contributed by atoms with Crippen molar-refractivity contribution in [1.82, 2.24) is 0 Å². The number of hydrogen-bond donors (Lipinski definition) is 0. The van der Waals surface area contributed by atoms with E-state index in [4.69, 9.17) is 14.2 Å². The van der Waals surface area contributed by atoms with E-state index >= 15 is 0 Å². The van der Waals surface area contributed by atoms with Gasteiger partial charge >= 0.3 is 17.9 Å². The first-order chi connectivity index (χ1) is 28.0. The predicted octanol–water partition coefficient (Wildman–Crippen LogP) is 14.6. The van der Waals surface area contributed by atoms with Crippen molar-refractivity contribution in [3.05, 3.63) is 97.2 Å². The second-order valence-electron chi connectivity index (χ2n) is 14.7. The van der Waals surface area contributed by atoms with Crippen LogP contribution in [0.5, 0.6) is 0 Å². The average Bonchev–Trinajstić information content (AvgIpc) is 3.21. The average molecular weight is 791 g/mol. The van der Waals surface area contributed by atoms with Gasteiger partial charge in [-0.25, -0.2) is 0 Å². The third-order valence-electron chi connectivity index (χ3n) is 9.17. The van der Waals surface area contributed by atoms with Crippen LogP contribution < -0.4 is 0 Å². The van der Waals surface area contributed by atoms with Crippen LogP contribution in [-0.4, -0.2) is 37.2 Å². The molecule has 6 heteroatoms. The molecule has 0 bridgehead atoms. The molecule has 0 spiro atoms. The van der Waals surface area contributed by atoms with Gasteiger partial charge in [0.2, 0.25) is 0 Å². The minimum Gasteiger partial charge on any atom is -0.462 e. The van der Waals surface area contributed by atoms with Gasteiger partial charge in [0.15, 0.2) is 6.10 Å². The number of hydrogen-bond acceptors (Lipinski definition) is 6. The van der Waals surface area contributed by atoms with E-state index in [9.17, 15) is 14.4 Å². The molecule has 6 nitrogen and oxygen atoms in total. The smallest absolute Gasteiger partial charge is 0.306 e. The highest BCUT2D eigenvalue weighted by Gasteiger charge is 2.19. The van der Waals surface area contributed by atoms with Gasteiger partial charge < -0.3 is 14.2 Å². The molecule has 0 heterocycles. The summed E-state index contributed by atoms with van der Waals surface area (Å²) in [5, 5.41) is 0. The Balaban J connectivity index is 4.49. The minimum atomic E-state index is -0.827. The van der Waals surface area contributed by atoms with Gasteiger partial charge in [0.25, 0.3) is 0 Å². The maximum absolute atomic E-state index is 12.7. The van der Waals surface area contributed by atoms with E-state index in [1.807, 2.05) is 54.7 Å². The summed E-state index contributed by atoms with van der Waals surface area (Å²) in [6.45, 7) is 6.31. The second-order valence-corrected chi connectivity index (χ2v) is 14.7. The monoisotopic (exact) mass is 791 g/mol. The number of carbonyl (C=O) groups is 3. The third-order valence-corrected chi connectivity index (χ3v) is 9.17. The highest BCUT2D eigenvalue weighted by atomic mass is 16.6. The van der Waals surface area contributed by atoms with Gasteiger partial charge in [0, 0.05) is 19.3 Å². The molecule has 0 aliphatic carbocycles. The van der Waals surface area contributed by atoms with Gasteiger partial charge in [-0.2, -0.15) is 0 Å². The highest BCUT2D eigenvalue weighted by molar-refractivity contribution is 5.71. The number of carbonyl (C=O) groups excluding carboxylic acids is 3. The van der Waals surface area contributed by atoms with Gasteiger partial charge in [-0.15, -0.1) is 0 Å². The van der Waals surface area contributed by atoms with Crippen molar-refractivity contribution >= 4 is 17.9 Å². The first kappa shape index (κ1) is 53.3. The number of allylic oxidation sites excluding steroid dienone is 16. The van der Waals surface area contributed by atoms with E-state index in [1.165, 1.54) is 77.0 Å². The summed E-state index contributed by atoms with van der Waals surface area (Å²) >= 11 is 0. The fourth-order valence-electron chi connectivity index (χ4n) is 5.74. The van der Waals surface area contributed by atoms with E-state index in [-0.39, 0.29) is 31.6 Å². The Morgan fingerprint density at radius 3 is 1.33 bits per heavy atom. The van der Waals surface area contributed by atoms with E-state index in [0.717, 1.165) is 57.8 Å². The summed E-state index contributed by atoms with van der Waals surface area (Å²) in [5.74, 6) is -1.05. The fourth-order valence-corrected chi connectivity index (χ4v) is 5.74. The Labute approximate surface area is 349 Å². The first-order valence-corrected chi connectivity index (χ1v) is 22.8. The zero-order valence-electron chi connectivity index (χ0n) is 36.6. The molecule has 1 atom stereocenters. The van der Waals surface area contributed by atoms with Crippen LogP contribution in [0.3, 0.4) is 0 Å². The Morgan fingerprint density at radius 2 is 0.772 bits per heavy atom. The molecule has 0 aliphatic rings. The highest BCUT2D eigenvalue weighted by Crippen LogP contribution is 2.12. The largest absolute Gasteiger partial charge is 0.462 e. The molecule has 0 aliphatic heterocycles. The molecule has 0 rings (SSSR count). The van der Waals surface area contributed by atoms with Crippen LogP contribution >= 0.6 is 0 Å². The number of ether oxygens (including phenoxy) is 3. The summed E-state index contributed by atoms with van der Waals surface area (Å²) in [5.41, 5.74) is 0. The van der Waals surface area contributed by atoms with Crippen molar-refractivity contribution in [1.29, 1.82) is 0 Å². The normalized spacial score (nSPS) is 13.0. The number of esters is 3. The molecule has 0 aromatic carbocycles. The Hall–Kier alpha value is -3.67. The fraction of sp³-hybridized carbons (Fsp3) is 0.627. The van der Waals surface area contributed by atoms with Crippen LogP contribution in [0.25, 0.3) is 0 Å². The van der Waals surface area contributed by atoms with Gasteiger partial charge in [0.05, 0.1) is 0 Å². The summed E-state index contributed by atoms with van der Waals surface area (Å²) in [6, 6.07) is 0. The zero-order chi connectivity index (χ0) is 41.5. The zero-order valence-corrected chi connectivity index (χ0v) is 36.6. The molecule has 322 valence electrons. The Morgan fingerprint density at radius 1 is 0.386 bits per heavy atom. The van der Waals surface area contributed by atoms with Crippen LogP contribution in [-0.2, 0) is 28.6 Å². The molecule has 0 fully saturated rings. The summed E-state index contributed by atoms with van der Waals surface area (Å²) in [4.78, 5) is 37.6. The Kier molecular flexibility index (Phi) is 42.1. The summed E-state index contributed by atoms with van der Waals surface area (Å²) in [7, 11) is 0. The van der Waals surface area contributed by atoms with Gasteiger partial charge in [-0.3, -0.25) is 14.4 Å². The molecule has 57 heavy (non-hydrogen) atoms. The van der Waals surface area contributed by atoms with Gasteiger partial charge in [-0.1, -0.05) is 182 Å². The maximum Gasteiger partial charge on any atom is 0.306 e. The maximum atomic E-state index is 12.7. The molecule has 0 amide bonds. The standard InChI is InChI=1S/C51H82O6/c1-4-7-10-13-16-19-21-23-24-25-26-28-29-32-35-38-41-44-50(53)56-47-48(46-55-49(52)43-40-37-34-31-18-15-12-9-6-3)57-51(54)45-42-39-36-33-30-27-22-20-17-14-11-8-5-2/h8,11,14,16-17,19-20,22-24,27,30-31,33-34,36,48H,4-7,9-10,12-13,15,18,21,25-26,28-29,32,35,37-47H2,1-3H3/b11-8-,17-14-,19-16-,22-20-,24-23-,30-27-,34-31-,36-33-. The lowest BCUT2D eigenvalue weighted by Crippen LogP contribution is -2.30. The van der Waals surface area contributed by atoms with Crippen LogP contribution in [0.4, 0.5) is 0 Å². The SMILES string of the molecule is CC\C=C/C=C\C=C/C=C\C=C/CCCC(=O)OC(COC(=O)CCC/C=C\CCCCCC)COC(=O)CCCCCCCCC/C=C\C/C=C\CCCCC. The lowest BCUT2D eigenvalue weighted by molar-refractivity contribution is -0.167. The predicted molar refractivity (Wildman–Crippen MR) is 242 cm³/mol. The van der Waals surface area contributed by atoms with Crippen LogP contribution in [0.2, 0.25) is 0 Å². The molecule has 0 aromatic rings. The molecular weight excluding hydrogens is 709 g/mol. The molecule has 0 radical (unpaired) electrons. The summed E-state index contributed by atoms with van der Waals surface area (Å²) in [6.07, 6.45) is 58.4. The molecule has 0 aromatic heterocycles. The van der Waals surface area contributed by atoms with Crippen molar-refractivity contribution in [3.8, 4) is 0 Å². The summed E-state index contributed by atoms with van der Waals surface area (Å²) < 4.78 is 16.6. The molecule has 0 saturated carbocycles. The van der Waals surface area contributed by atoms with E-state index in [0.29, 0.717) is 25.7 Å². The van der Waals surface area contributed by atoms with Crippen LogP contribution in [0.15, 0.2) is 97.2 Å². The van der Waals surface area contributed by atoms with Crippen molar-refractivity contribution in [2.75, 3.05) is 13.2 Å². The van der Waals surface area contributed by atoms with Gasteiger partial charge in [0.1, 0.15) is 13.2 Å². The number of rotatable bonds is 39. The third kappa shape index (κ3) is 43.3. The minimum absolute atomic E-state index is 0.120. The van der Waals surface area contributed by atoms with Crippen molar-refractivity contribution in [3.63, 3.8) is 0 Å². The number of unbranched alkanes of at least 4 members (excludes halogenated alkanes) is 16. The molecule has 1 unspecified atom stereocenters. The lowest BCUT2D eigenvalue weighted by Gasteiger charge is -2.18. The van der Waals surface area contributed by atoms with Crippen LogP contribution in [0, 0.1) is 0 Å². The van der Waals surface area contributed by atoms with E-state index in [2.05, 4.69) is 63.3 Å². The topological polar surface area (TPSA) is 78.9 Å². The first-order valence-electron chi connectivity index (χ1n) is 22.8. The van der Waals surface area contributed by atoms with E-state index < -0.39 is 12.1 Å². The van der Waals surface area contributed by atoms with Crippen molar-refractivity contribution in [2.45, 2.75) is 194 Å². The lowest BCUT2D eigenvalue weighted by atomic mass is 10.1. The van der Waals surface area contributed by atoms with Crippen molar-refractivity contribution < 1.29 is 28.6 Å². The molecule has 0 saturated heterocycles. The van der Waals surface area contributed by atoms with E-state index in [1.54, 1.807) is 0 Å².